The SMILES string of the molecule is CCCN(CC)C(=O)C12CCC(N(CC(=O)N3C[C@@H](F)C[C@H]3C#N)C(=O)OCc3ccccc3)(CC1)CC2. The summed E-state index contributed by atoms with van der Waals surface area (Å²) in [4.78, 5) is 45.1. The van der Waals surface area contributed by atoms with Crippen LogP contribution < -0.4 is 0 Å². The van der Waals surface area contributed by atoms with Gasteiger partial charge in [0.15, 0.2) is 0 Å². The van der Waals surface area contributed by atoms with Crippen LogP contribution in [0.5, 0.6) is 0 Å². The van der Waals surface area contributed by atoms with Crippen LogP contribution >= 0.6 is 0 Å². The number of hydrogen-bond donors (Lipinski definition) is 0. The second-order valence-corrected chi connectivity index (χ2v) is 11.0. The average Bonchev–Trinajstić information content (AvgIpc) is 3.35. The minimum atomic E-state index is -1.25. The van der Waals surface area contributed by atoms with Gasteiger partial charge in [-0.05, 0) is 57.4 Å². The minimum absolute atomic E-state index is 0.0117. The van der Waals surface area contributed by atoms with E-state index < -0.39 is 35.2 Å². The third-order valence-electron chi connectivity index (χ3n) is 8.83. The van der Waals surface area contributed by atoms with Gasteiger partial charge in [0.05, 0.1) is 12.6 Å². The molecule has 3 aliphatic carbocycles. The van der Waals surface area contributed by atoms with Crippen LogP contribution in [0.4, 0.5) is 9.18 Å². The van der Waals surface area contributed by atoms with Crippen LogP contribution in [-0.4, -0.2) is 76.5 Å². The zero-order chi connectivity index (χ0) is 27.3. The summed E-state index contributed by atoms with van der Waals surface area (Å²) in [6.07, 6.45) is 2.82. The highest BCUT2D eigenvalue weighted by Gasteiger charge is 2.57. The molecule has 38 heavy (non-hydrogen) atoms. The molecular weight excluding hydrogens is 487 g/mol. The van der Waals surface area contributed by atoms with Crippen LogP contribution in [0, 0.1) is 16.7 Å². The number of amides is 3. The first kappa shape index (κ1) is 27.9. The lowest BCUT2D eigenvalue weighted by Gasteiger charge is -2.56. The number of nitrogens with zero attached hydrogens (tertiary/aromatic N) is 4. The molecule has 8 nitrogen and oxygen atoms in total. The van der Waals surface area contributed by atoms with Crippen LogP contribution in [0.3, 0.4) is 0 Å². The summed E-state index contributed by atoms with van der Waals surface area (Å²) in [5.41, 5.74) is -0.190. The molecular formula is C29H39FN4O4. The van der Waals surface area contributed by atoms with Crippen molar-refractivity contribution in [3.63, 3.8) is 0 Å². The molecule has 206 valence electrons. The number of fused-ring (bicyclic) bond motifs is 3. The number of ether oxygens (including phenoxy) is 1. The van der Waals surface area contributed by atoms with E-state index in [1.165, 1.54) is 9.80 Å². The standard InChI is InChI=1S/C29H39FN4O4/c1-3-16-32(4-2)26(36)28-10-13-29(14-11-28,15-12-28)34(27(37)38-21-22-8-6-5-7-9-22)20-25(35)33-19-23(30)17-24(33)18-31/h5-9,23-24H,3-4,10-17,19-21H2,1-2H3/t23-,24-,28?,29?/m0/s1. The Bertz CT molecular complexity index is 1030. The summed E-state index contributed by atoms with van der Waals surface area (Å²) in [6.45, 7) is 5.15. The molecule has 3 amide bonds. The number of alkyl halides is 1. The number of nitriles is 1. The molecule has 0 aromatic heterocycles. The van der Waals surface area contributed by atoms with Crippen molar-refractivity contribution in [3.8, 4) is 6.07 Å². The number of halogens is 1. The number of hydrogen-bond acceptors (Lipinski definition) is 5. The van der Waals surface area contributed by atoms with E-state index in [1.807, 2.05) is 48.2 Å². The smallest absolute Gasteiger partial charge is 0.411 e. The Labute approximate surface area is 224 Å². The van der Waals surface area contributed by atoms with E-state index in [9.17, 15) is 24.0 Å². The van der Waals surface area contributed by atoms with Gasteiger partial charge in [0.1, 0.15) is 25.4 Å². The average molecular weight is 527 g/mol. The molecule has 5 rings (SSSR count). The van der Waals surface area contributed by atoms with E-state index in [-0.39, 0.29) is 32.0 Å². The van der Waals surface area contributed by atoms with Crippen LogP contribution in [-0.2, 0) is 20.9 Å². The van der Waals surface area contributed by atoms with Crippen LogP contribution in [0.2, 0.25) is 0 Å². The molecule has 4 fully saturated rings. The maximum absolute atomic E-state index is 14.1. The van der Waals surface area contributed by atoms with E-state index in [0.29, 0.717) is 45.1 Å². The number of benzene rings is 1. The number of carbonyl (C=O) groups is 3. The minimum Gasteiger partial charge on any atom is -0.445 e. The molecule has 2 bridgehead atoms. The quantitative estimate of drug-likeness (QED) is 0.474. The lowest BCUT2D eigenvalue weighted by atomic mass is 9.56. The van der Waals surface area contributed by atoms with E-state index in [2.05, 4.69) is 6.92 Å². The maximum Gasteiger partial charge on any atom is 0.411 e. The van der Waals surface area contributed by atoms with E-state index >= 15 is 0 Å². The lowest BCUT2D eigenvalue weighted by Crippen LogP contribution is -2.63. The summed E-state index contributed by atoms with van der Waals surface area (Å²) in [5, 5.41) is 9.44. The van der Waals surface area contributed by atoms with Crippen LogP contribution in [0.25, 0.3) is 0 Å². The topological polar surface area (TPSA) is 94.0 Å². The molecule has 2 atom stereocenters. The Kier molecular flexibility index (Phi) is 8.59. The molecule has 1 saturated heterocycles. The van der Waals surface area contributed by atoms with Gasteiger partial charge in [0.25, 0.3) is 0 Å². The van der Waals surface area contributed by atoms with Gasteiger partial charge in [-0.3, -0.25) is 14.5 Å². The second kappa shape index (κ2) is 11.7. The van der Waals surface area contributed by atoms with Gasteiger partial charge in [0.2, 0.25) is 11.8 Å². The van der Waals surface area contributed by atoms with Crippen molar-refractivity contribution >= 4 is 17.9 Å². The molecule has 1 heterocycles. The van der Waals surface area contributed by atoms with Crippen molar-refractivity contribution < 1.29 is 23.5 Å². The zero-order valence-corrected chi connectivity index (χ0v) is 22.5. The van der Waals surface area contributed by atoms with Crippen LogP contribution in [0.1, 0.15) is 70.8 Å². The Balaban J connectivity index is 1.53. The van der Waals surface area contributed by atoms with Gasteiger partial charge in [0, 0.05) is 30.5 Å². The highest BCUT2D eigenvalue weighted by atomic mass is 19.1. The van der Waals surface area contributed by atoms with Crippen molar-refractivity contribution in [1.82, 2.24) is 14.7 Å². The second-order valence-electron chi connectivity index (χ2n) is 11.0. The Morgan fingerprint density at radius 1 is 1.11 bits per heavy atom. The molecule has 3 saturated carbocycles. The van der Waals surface area contributed by atoms with Gasteiger partial charge < -0.3 is 14.5 Å². The predicted molar refractivity (Wildman–Crippen MR) is 139 cm³/mol. The lowest BCUT2D eigenvalue weighted by molar-refractivity contribution is -0.154. The van der Waals surface area contributed by atoms with Crippen molar-refractivity contribution in [2.24, 2.45) is 5.41 Å². The molecule has 0 radical (unpaired) electrons. The largest absolute Gasteiger partial charge is 0.445 e. The van der Waals surface area contributed by atoms with Crippen molar-refractivity contribution in [2.45, 2.75) is 89.6 Å². The highest BCUT2D eigenvalue weighted by Crippen LogP contribution is 2.55. The molecule has 0 unspecified atom stereocenters. The first-order valence-electron chi connectivity index (χ1n) is 13.9. The molecule has 1 aliphatic heterocycles. The normalized spacial score (nSPS) is 28.0. The maximum atomic E-state index is 14.1. The molecule has 9 heteroatoms. The third-order valence-corrected chi connectivity index (χ3v) is 8.83. The molecule has 0 spiro atoms. The fourth-order valence-corrected chi connectivity index (χ4v) is 6.53. The molecule has 0 N–H and O–H groups in total. The fourth-order valence-electron chi connectivity index (χ4n) is 6.53. The fraction of sp³-hybridized carbons (Fsp3) is 0.655. The molecule has 1 aromatic rings. The van der Waals surface area contributed by atoms with Crippen molar-refractivity contribution in [3.05, 3.63) is 35.9 Å². The first-order chi connectivity index (χ1) is 18.3. The van der Waals surface area contributed by atoms with Gasteiger partial charge in [-0.15, -0.1) is 0 Å². The molecule has 1 aromatic carbocycles. The van der Waals surface area contributed by atoms with E-state index in [1.54, 1.807) is 0 Å². The Morgan fingerprint density at radius 3 is 2.34 bits per heavy atom. The van der Waals surface area contributed by atoms with Gasteiger partial charge in [-0.2, -0.15) is 5.26 Å². The third kappa shape index (κ3) is 5.50. The summed E-state index contributed by atoms with van der Waals surface area (Å²) in [6, 6.07) is 10.5. The highest BCUT2D eigenvalue weighted by molar-refractivity contribution is 5.85. The monoisotopic (exact) mass is 526 g/mol. The summed E-state index contributed by atoms with van der Waals surface area (Å²) in [7, 11) is 0. The van der Waals surface area contributed by atoms with Crippen molar-refractivity contribution in [1.29, 1.82) is 5.26 Å². The van der Waals surface area contributed by atoms with Gasteiger partial charge in [-0.25, -0.2) is 9.18 Å². The Morgan fingerprint density at radius 2 is 1.76 bits per heavy atom. The van der Waals surface area contributed by atoms with Crippen LogP contribution in [0.15, 0.2) is 30.3 Å². The number of rotatable bonds is 9. The summed E-state index contributed by atoms with van der Waals surface area (Å²) < 4.78 is 19.7. The predicted octanol–water partition coefficient (Wildman–Crippen LogP) is 4.44. The summed E-state index contributed by atoms with van der Waals surface area (Å²) >= 11 is 0. The van der Waals surface area contributed by atoms with Gasteiger partial charge >= 0.3 is 6.09 Å². The molecule has 4 aliphatic rings. The van der Waals surface area contributed by atoms with Gasteiger partial charge in [-0.1, -0.05) is 37.3 Å². The Hall–Kier alpha value is -3.15. The number of likely N-dealkylation sites (tertiary alicyclic amines) is 1. The first-order valence-corrected chi connectivity index (χ1v) is 13.9. The van der Waals surface area contributed by atoms with Crippen molar-refractivity contribution in [2.75, 3.05) is 26.2 Å². The van der Waals surface area contributed by atoms with E-state index in [0.717, 1.165) is 18.5 Å². The summed E-state index contributed by atoms with van der Waals surface area (Å²) in [5.74, 6) is -0.242. The number of carbonyl (C=O) groups excluding carboxylic acids is 3. The zero-order valence-electron chi connectivity index (χ0n) is 22.5. The van der Waals surface area contributed by atoms with E-state index in [4.69, 9.17) is 4.74 Å².